The van der Waals surface area contributed by atoms with Crippen LogP contribution in [0, 0.1) is 11.6 Å². The number of amides is 1. The Kier molecular flexibility index (Phi) is 6.22. The van der Waals surface area contributed by atoms with E-state index < -0.39 is 36.7 Å². The number of hydrogen-bond donors (Lipinski definition) is 1. The SMILES string of the molecule is C/C(=N/OCC(=O)OCC(=O)Nc1cc(F)ccc1F)c1ccc2c(c1)OCO2. The summed E-state index contributed by atoms with van der Waals surface area (Å²) in [7, 11) is 0. The maximum Gasteiger partial charge on any atom is 0.347 e. The predicted octanol–water partition coefficient (Wildman–Crippen LogP) is 2.62. The minimum Gasteiger partial charge on any atom is -0.454 e. The monoisotopic (exact) mass is 406 g/mol. The second kappa shape index (κ2) is 9.00. The van der Waals surface area contributed by atoms with Crippen LogP contribution in [0.1, 0.15) is 12.5 Å². The number of nitrogens with zero attached hydrogens (tertiary/aromatic N) is 1. The fraction of sp³-hybridized carbons (Fsp3) is 0.211. The molecular weight excluding hydrogens is 390 g/mol. The standard InChI is InChI=1S/C19H16F2N2O6/c1-11(12-2-5-16-17(6-12)28-10-27-16)23-29-9-19(25)26-8-18(24)22-15-7-13(20)3-4-14(15)21/h2-7H,8-10H2,1H3,(H,22,24)/b23-11-. The van der Waals surface area contributed by atoms with E-state index in [4.69, 9.17) is 19.0 Å². The first-order valence-electron chi connectivity index (χ1n) is 8.39. The maximum absolute atomic E-state index is 13.4. The van der Waals surface area contributed by atoms with Crippen LogP contribution in [0.3, 0.4) is 0 Å². The van der Waals surface area contributed by atoms with Crippen molar-refractivity contribution in [3.05, 3.63) is 53.6 Å². The number of halogens is 2. The minimum absolute atomic E-state index is 0.150. The van der Waals surface area contributed by atoms with Gasteiger partial charge < -0.3 is 24.4 Å². The Balaban J connectivity index is 1.43. The summed E-state index contributed by atoms with van der Waals surface area (Å²) in [5.41, 5.74) is 0.834. The van der Waals surface area contributed by atoms with Crippen LogP contribution in [0.5, 0.6) is 11.5 Å². The van der Waals surface area contributed by atoms with Gasteiger partial charge in [0, 0.05) is 11.6 Å². The number of fused-ring (bicyclic) bond motifs is 1. The van der Waals surface area contributed by atoms with E-state index in [1.807, 2.05) is 0 Å². The van der Waals surface area contributed by atoms with Gasteiger partial charge in [-0.15, -0.1) is 0 Å². The Bertz CT molecular complexity index is 964. The first kappa shape index (κ1) is 20.1. The molecule has 0 unspecified atom stereocenters. The number of ether oxygens (including phenoxy) is 3. The summed E-state index contributed by atoms with van der Waals surface area (Å²) >= 11 is 0. The smallest absolute Gasteiger partial charge is 0.347 e. The van der Waals surface area contributed by atoms with Crippen molar-refractivity contribution in [2.75, 3.05) is 25.3 Å². The molecule has 1 N–H and O–H groups in total. The average Bonchev–Trinajstić information content (AvgIpc) is 3.17. The summed E-state index contributed by atoms with van der Waals surface area (Å²) in [6.45, 7) is 0.590. The lowest BCUT2D eigenvalue weighted by molar-refractivity contribution is -0.151. The Morgan fingerprint density at radius 1 is 1.10 bits per heavy atom. The van der Waals surface area contributed by atoms with Crippen LogP contribution < -0.4 is 14.8 Å². The second-order valence-electron chi connectivity index (χ2n) is 5.85. The summed E-state index contributed by atoms with van der Waals surface area (Å²) in [6.07, 6.45) is 0. The van der Waals surface area contributed by atoms with Gasteiger partial charge in [0.1, 0.15) is 11.6 Å². The molecule has 1 amide bonds. The van der Waals surface area contributed by atoms with E-state index in [-0.39, 0.29) is 12.5 Å². The summed E-state index contributed by atoms with van der Waals surface area (Å²) in [5, 5.41) is 5.90. The van der Waals surface area contributed by atoms with Gasteiger partial charge in [0.25, 0.3) is 5.91 Å². The Labute approximate surface area is 164 Å². The zero-order valence-corrected chi connectivity index (χ0v) is 15.2. The molecule has 8 nitrogen and oxygen atoms in total. The van der Waals surface area contributed by atoms with Crippen LogP contribution in [0.25, 0.3) is 0 Å². The third kappa shape index (κ3) is 5.41. The molecule has 0 bridgehead atoms. The zero-order valence-electron chi connectivity index (χ0n) is 15.2. The highest BCUT2D eigenvalue weighted by molar-refractivity contribution is 5.99. The first-order chi connectivity index (χ1) is 13.9. The summed E-state index contributed by atoms with van der Waals surface area (Å²) < 4.78 is 41.7. The van der Waals surface area contributed by atoms with Gasteiger partial charge in [0.15, 0.2) is 18.1 Å². The van der Waals surface area contributed by atoms with Crippen molar-refractivity contribution in [2.24, 2.45) is 5.16 Å². The molecule has 2 aromatic carbocycles. The molecule has 1 aliphatic rings. The van der Waals surface area contributed by atoms with Crippen LogP contribution in [-0.2, 0) is 19.2 Å². The van der Waals surface area contributed by atoms with Crippen molar-refractivity contribution in [1.82, 2.24) is 0 Å². The van der Waals surface area contributed by atoms with Crippen LogP contribution in [0.15, 0.2) is 41.6 Å². The summed E-state index contributed by atoms with van der Waals surface area (Å²) in [6, 6.07) is 7.79. The van der Waals surface area contributed by atoms with E-state index in [9.17, 15) is 18.4 Å². The number of carbonyl (C=O) groups is 2. The minimum atomic E-state index is -0.859. The molecule has 0 aromatic heterocycles. The topological polar surface area (TPSA) is 95.5 Å². The average molecular weight is 406 g/mol. The van der Waals surface area contributed by atoms with Crippen molar-refractivity contribution in [1.29, 1.82) is 0 Å². The molecule has 2 aromatic rings. The van der Waals surface area contributed by atoms with Gasteiger partial charge in [-0.2, -0.15) is 0 Å². The van der Waals surface area contributed by atoms with Gasteiger partial charge in [0.2, 0.25) is 13.4 Å². The van der Waals surface area contributed by atoms with Gasteiger partial charge in [-0.25, -0.2) is 13.6 Å². The number of oxime groups is 1. The molecule has 0 aliphatic carbocycles. The number of hydrogen-bond acceptors (Lipinski definition) is 7. The van der Waals surface area contributed by atoms with E-state index in [1.165, 1.54) is 0 Å². The normalized spacial score (nSPS) is 12.4. The number of anilines is 1. The number of nitrogens with one attached hydrogen (secondary N) is 1. The molecule has 152 valence electrons. The van der Waals surface area contributed by atoms with Gasteiger partial charge in [-0.05, 0) is 37.3 Å². The van der Waals surface area contributed by atoms with Crippen LogP contribution in [-0.4, -0.2) is 37.6 Å². The highest BCUT2D eigenvalue weighted by Crippen LogP contribution is 2.32. The number of benzene rings is 2. The van der Waals surface area contributed by atoms with Crippen molar-refractivity contribution in [3.63, 3.8) is 0 Å². The summed E-state index contributed by atoms with van der Waals surface area (Å²) in [5.74, 6) is -2.02. The van der Waals surface area contributed by atoms with Gasteiger partial charge in [-0.1, -0.05) is 5.16 Å². The maximum atomic E-state index is 13.4. The molecule has 0 spiro atoms. The first-order valence-corrected chi connectivity index (χ1v) is 8.39. The molecule has 1 aliphatic heterocycles. The van der Waals surface area contributed by atoms with Crippen LogP contribution in [0.2, 0.25) is 0 Å². The van der Waals surface area contributed by atoms with Crippen molar-refractivity contribution in [3.8, 4) is 11.5 Å². The number of carbonyl (C=O) groups excluding carboxylic acids is 2. The van der Waals surface area contributed by atoms with Crippen LogP contribution >= 0.6 is 0 Å². The Morgan fingerprint density at radius 2 is 1.90 bits per heavy atom. The predicted molar refractivity (Wildman–Crippen MR) is 96.7 cm³/mol. The highest BCUT2D eigenvalue weighted by Gasteiger charge is 2.15. The van der Waals surface area contributed by atoms with Gasteiger partial charge in [-0.3, -0.25) is 4.79 Å². The van der Waals surface area contributed by atoms with E-state index in [2.05, 4.69) is 10.5 Å². The van der Waals surface area contributed by atoms with Gasteiger partial charge in [0.05, 0.1) is 11.4 Å². The highest BCUT2D eigenvalue weighted by atomic mass is 19.1. The second-order valence-corrected chi connectivity index (χ2v) is 5.85. The zero-order chi connectivity index (χ0) is 20.8. The third-order valence-corrected chi connectivity index (χ3v) is 3.74. The Morgan fingerprint density at radius 3 is 2.72 bits per heavy atom. The van der Waals surface area contributed by atoms with E-state index >= 15 is 0 Å². The summed E-state index contributed by atoms with van der Waals surface area (Å²) in [4.78, 5) is 28.2. The number of esters is 1. The van der Waals surface area contributed by atoms with Crippen LogP contribution in [0.4, 0.5) is 14.5 Å². The lowest BCUT2D eigenvalue weighted by atomic mass is 10.1. The Hall–Kier alpha value is -3.69. The number of rotatable bonds is 7. The van der Waals surface area contributed by atoms with E-state index in [1.54, 1.807) is 25.1 Å². The molecular formula is C19H16F2N2O6. The molecule has 10 heteroatoms. The van der Waals surface area contributed by atoms with E-state index in [0.717, 1.165) is 18.2 Å². The largest absolute Gasteiger partial charge is 0.454 e. The van der Waals surface area contributed by atoms with Crippen molar-refractivity contribution >= 4 is 23.3 Å². The van der Waals surface area contributed by atoms with Crippen molar-refractivity contribution in [2.45, 2.75) is 6.92 Å². The third-order valence-electron chi connectivity index (χ3n) is 3.74. The molecule has 0 saturated carbocycles. The quantitative estimate of drug-likeness (QED) is 0.432. The fourth-order valence-corrected chi connectivity index (χ4v) is 2.32. The molecule has 0 fully saturated rings. The molecule has 0 radical (unpaired) electrons. The molecule has 0 atom stereocenters. The van der Waals surface area contributed by atoms with Gasteiger partial charge >= 0.3 is 5.97 Å². The molecule has 0 saturated heterocycles. The molecule has 29 heavy (non-hydrogen) atoms. The van der Waals surface area contributed by atoms with E-state index in [0.29, 0.717) is 22.8 Å². The molecule has 1 heterocycles. The lowest BCUT2D eigenvalue weighted by Crippen LogP contribution is -2.23. The fourth-order valence-electron chi connectivity index (χ4n) is 2.32. The van der Waals surface area contributed by atoms with Crippen molar-refractivity contribution < 1.29 is 37.4 Å². The molecule has 3 rings (SSSR count). The lowest BCUT2D eigenvalue weighted by Gasteiger charge is -2.07.